The number of hydrogen-bond donors (Lipinski definition) is 1. The summed E-state index contributed by atoms with van der Waals surface area (Å²) in [5.41, 5.74) is 2.02. The van der Waals surface area contributed by atoms with E-state index in [2.05, 4.69) is 29.2 Å². The number of nitrogens with zero attached hydrogens (tertiary/aromatic N) is 3. The highest BCUT2D eigenvalue weighted by Gasteiger charge is 2.13. The van der Waals surface area contributed by atoms with E-state index < -0.39 is 4.92 Å². The van der Waals surface area contributed by atoms with Gasteiger partial charge in [-0.2, -0.15) is 0 Å². The molecular weight excluding hydrogens is 336 g/mol. The van der Waals surface area contributed by atoms with E-state index >= 15 is 0 Å². The number of nitro groups is 1. The molecule has 3 rings (SSSR count). The highest BCUT2D eigenvalue weighted by molar-refractivity contribution is 5.47. The molecule has 1 saturated heterocycles. The van der Waals surface area contributed by atoms with Gasteiger partial charge in [-0.25, -0.2) is 0 Å². The Kier molecular flexibility index (Phi) is 5.65. The van der Waals surface area contributed by atoms with Gasteiger partial charge in [0.1, 0.15) is 6.54 Å². The Morgan fingerprint density at radius 3 is 2.50 bits per heavy atom. The molecule has 1 aliphatic rings. The molecule has 138 valence electrons. The molecule has 1 N–H and O–H groups in total. The molecule has 0 radical (unpaired) electrons. The number of nitrogens with one attached hydrogen (secondary N) is 1. The maximum Gasteiger partial charge on any atom is 0.285 e. The molecule has 0 saturated carbocycles. The second-order valence-electron chi connectivity index (χ2n) is 6.51. The fourth-order valence-electron chi connectivity index (χ4n) is 3.09. The fourth-order valence-corrected chi connectivity index (χ4v) is 3.09. The predicted octanol–water partition coefficient (Wildman–Crippen LogP) is 0.266. The van der Waals surface area contributed by atoms with E-state index in [1.807, 2.05) is 7.05 Å². The van der Waals surface area contributed by atoms with Crippen molar-refractivity contribution in [3.8, 4) is 0 Å². The van der Waals surface area contributed by atoms with Gasteiger partial charge in [-0.05, 0) is 12.1 Å². The van der Waals surface area contributed by atoms with E-state index in [0.29, 0.717) is 6.67 Å². The molecule has 2 heterocycles. The summed E-state index contributed by atoms with van der Waals surface area (Å²) in [7, 11) is 1.96. The van der Waals surface area contributed by atoms with Gasteiger partial charge in [0.25, 0.3) is 11.2 Å². The van der Waals surface area contributed by atoms with Crippen LogP contribution in [0.15, 0.2) is 47.4 Å². The Bertz CT molecular complexity index is 813. The first-order valence-electron chi connectivity index (χ1n) is 8.61. The zero-order valence-electron chi connectivity index (χ0n) is 14.8. The minimum absolute atomic E-state index is 0.0766. The fraction of sp³-hybridized carbons (Fsp3) is 0.389. The van der Waals surface area contributed by atoms with Crippen LogP contribution >= 0.6 is 0 Å². The summed E-state index contributed by atoms with van der Waals surface area (Å²) in [5.74, 6) is 0. The van der Waals surface area contributed by atoms with Gasteiger partial charge in [0, 0.05) is 36.5 Å². The van der Waals surface area contributed by atoms with Crippen molar-refractivity contribution in [1.29, 1.82) is 0 Å². The summed E-state index contributed by atoms with van der Waals surface area (Å²) in [5, 5.41) is 10.9. The SMILES string of the molecule is C[NH+](Cc1ccc(N2CCOCC2)cc1)Cn1cc([N+](=O)[O-])ccc1=O. The van der Waals surface area contributed by atoms with Crippen LogP contribution in [0.25, 0.3) is 0 Å². The van der Waals surface area contributed by atoms with Gasteiger partial charge in [0.05, 0.1) is 31.4 Å². The molecule has 1 aromatic heterocycles. The standard InChI is InChI=1S/C18H22N4O4/c1-19(14-21-13-17(22(24)25)6-7-18(21)23)12-15-2-4-16(5-3-15)20-8-10-26-11-9-20/h2-7,13H,8-12,14H2,1H3/p+1. The Labute approximate surface area is 151 Å². The number of pyridine rings is 1. The van der Waals surface area contributed by atoms with Crippen molar-refractivity contribution in [2.24, 2.45) is 0 Å². The van der Waals surface area contributed by atoms with Crippen LogP contribution in [0.3, 0.4) is 0 Å². The van der Waals surface area contributed by atoms with Crippen LogP contribution in [-0.4, -0.2) is 42.8 Å². The molecule has 8 nitrogen and oxygen atoms in total. The minimum atomic E-state index is -0.490. The zero-order valence-corrected chi connectivity index (χ0v) is 14.8. The van der Waals surface area contributed by atoms with Gasteiger partial charge < -0.3 is 14.5 Å². The van der Waals surface area contributed by atoms with Crippen molar-refractivity contribution < 1.29 is 14.6 Å². The first-order chi connectivity index (χ1) is 12.5. The molecule has 1 fully saturated rings. The zero-order chi connectivity index (χ0) is 18.5. The van der Waals surface area contributed by atoms with Crippen LogP contribution in [0, 0.1) is 10.1 Å². The summed E-state index contributed by atoms with van der Waals surface area (Å²) < 4.78 is 6.76. The first kappa shape index (κ1) is 18.1. The van der Waals surface area contributed by atoms with Gasteiger partial charge in [-0.1, -0.05) is 12.1 Å². The molecule has 0 amide bonds. The van der Waals surface area contributed by atoms with Crippen molar-refractivity contribution in [1.82, 2.24) is 4.57 Å². The lowest BCUT2D eigenvalue weighted by Gasteiger charge is -2.29. The van der Waals surface area contributed by atoms with Crippen molar-refractivity contribution in [3.05, 3.63) is 68.6 Å². The number of benzene rings is 1. The number of rotatable bonds is 6. The number of ether oxygens (including phenoxy) is 1. The third-order valence-electron chi connectivity index (χ3n) is 4.44. The second kappa shape index (κ2) is 8.11. The lowest BCUT2D eigenvalue weighted by atomic mass is 10.2. The Balaban J connectivity index is 1.63. The van der Waals surface area contributed by atoms with E-state index in [1.165, 1.54) is 28.6 Å². The number of aromatic nitrogens is 1. The van der Waals surface area contributed by atoms with Crippen molar-refractivity contribution in [2.45, 2.75) is 13.2 Å². The quantitative estimate of drug-likeness (QED) is 0.591. The van der Waals surface area contributed by atoms with Crippen LogP contribution in [0.1, 0.15) is 5.56 Å². The highest BCUT2D eigenvalue weighted by Crippen LogP contribution is 2.16. The average Bonchev–Trinajstić information content (AvgIpc) is 2.64. The maximum atomic E-state index is 11.9. The van der Waals surface area contributed by atoms with Crippen molar-refractivity contribution >= 4 is 11.4 Å². The second-order valence-corrected chi connectivity index (χ2v) is 6.51. The largest absolute Gasteiger partial charge is 0.378 e. The summed E-state index contributed by atoms with van der Waals surface area (Å²) in [4.78, 5) is 25.7. The smallest absolute Gasteiger partial charge is 0.285 e. The summed E-state index contributed by atoms with van der Waals surface area (Å²) in [6.07, 6.45) is 1.30. The minimum Gasteiger partial charge on any atom is -0.378 e. The van der Waals surface area contributed by atoms with Gasteiger partial charge in [0.2, 0.25) is 0 Å². The molecule has 26 heavy (non-hydrogen) atoms. The van der Waals surface area contributed by atoms with Crippen LogP contribution in [-0.2, 0) is 18.0 Å². The lowest BCUT2D eigenvalue weighted by Crippen LogP contribution is -3.07. The molecule has 0 spiro atoms. The van der Waals surface area contributed by atoms with Gasteiger partial charge >= 0.3 is 0 Å². The number of quaternary nitrogens is 1. The molecule has 2 aromatic rings. The average molecular weight is 359 g/mol. The molecule has 1 aliphatic heterocycles. The molecule has 0 bridgehead atoms. The Morgan fingerprint density at radius 1 is 1.15 bits per heavy atom. The normalized spacial score (nSPS) is 15.7. The molecule has 0 aliphatic carbocycles. The monoisotopic (exact) mass is 359 g/mol. The third kappa shape index (κ3) is 4.47. The van der Waals surface area contributed by atoms with Crippen LogP contribution in [0.4, 0.5) is 11.4 Å². The Morgan fingerprint density at radius 2 is 1.85 bits per heavy atom. The van der Waals surface area contributed by atoms with E-state index in [-0.39, 0.29) is 11.2 Å². The van der Waals surface area contributed by atoms with Crippen LogP contribution < -0.4 is 15.4 Å². The van der Waals surface area contributed by atoms with Crippen molar-refractivity contribution in [2.75, 3.05) is 38.3 Å². The molecule has 1 aromatic carbocycles. The van der Waals surface area contributed by atoms with E-state index in [1.54, 1.807) is 0 Å². The number of morpholine rings is 1. The van der Waals surface area contributed by atoms with Crippen molar-refractivity contribution in [3.63, 3.8) is 0 Å². The molecule has 1 unspecified atom stereocenters. The van der Waals surface area contributed by atoms with Crippen LogP contribution in [0.5, 0.6) is 0 Å². The first-order valence-corrected chi connectivity index (χ1v) is 8.61. The Hall–Kier alpha value is -2.71. The molecule has 1 atom stereocenters. The maximum absolute atomic E-state index is 11.9. The third-order valence-corrected chi connectivity index (χ3v) is 4.44. The molecule has 8 heteroatoms. The topological polar surface area (TPSA) is 82.1 Å². The van der Waals surface area contributed by atoms with Crippen LogP contribution in [0.2, 0.25) is 0 Å². The van der Waals surface area contributed by atoms with Gasteiger partial charge in [-0.15, -0.1) is 0 Å². The van der Waals surface area contributed by atoms with E-state index in [0.717, 1.165) is 43.3 Å². The summed E-state index contributed by atoms with van der Waals surface area (Å²) in [6, 6.07) is 10.9. The van der Waals surface area contributed by atoms with Gasteiger partial charge in [0.15, 0.2) is 6.67 Å². The lowest BCUT2D eigenvalue weighted by molar-refractivity contribution is -0.917. The number of anilines is 1. The van der Waals surface area contributed by atoms with E-state index in [9.17, 15) is 14.9 Å². The predicted molar refractivity (Wildman–Crippen MR) is 97.4 cm³/mol. The summed E-state index contributed by atoms with van der Waals surface area (Å²) >= 11 is 0. The van der Waals surface area contributed by atoms with E-state index in [4.69, 9.17) is 4.74 Å². The molecular formula is C18H23N4O4+. The highest BCUT2D eigenvalue weighted by atomic mass is 16.6. The number of hydrogen-bond acceptors (Lipinski definition) is 5. The van der Waals surface area contributed by atoms with Gasteiger partial charge in [-0.3, -0.25) is 19.5 Å². The summed E-state index contributed by atoms with van der Waals surface area (Å²) in [6.45, 7) is 4.41.